The lowest BCUT2D eigenvalue weighted by Gasteiger charge is -2.28. The number of hydrogen-bond donors (Lipinski definition) is 1. The van der Waals surface area contributed by atoms with Crippen LogP contribution in [0.2, 0.25) is 0 Å². The van der Waals surface area contributed by atoms with Gasteiger partial charge >= 0.3 is 0 Å². The SMILES string of the molecule is CCCNc1ccc([N+](=O)[O-])cc1CN(C)C(C)C(C)C. The molecule has 0 aliphatic carbocycles. The molecular weight excluding hydrogens is 266 g/mol. The van der Waals surface area contributed by atoms with E-state index in [2.05, 4.69) is 45.0 Å². The van der Waals surface area contributed by atoms with Gasteiger partial charge in [0.1, 0.15) is 0 Å². The van der Waals surface area contributed by atoms with Crippen molar-refractivity contribution < 1.29 is 4.92 Å². The normalized spacial score (nSPS) is 12.7. The second kappa shape index (κ2) is 7.98. The van der Waals surface area contributed by atoms with Crippen molar-refractivity contribution in [1.82, 2.24) is 4.90 Å². The van der Waals surface area contributed by atoms with Gasteiger partial charge in [0.25, 0.3) is 5.69 Å². The maximum absolute atomic E-state index is 11.0. The zero-order chi connectivity index (χ0) is 16.0. The van der Waals surface area contributed by atoms with E-state index in [1.165, 1.54) is 0 Å². The monoisotopic (exact) mass is 293 g/mol. The average Bonchev–Trinajstić information content (AvgIpc) is 2.44. The van der Waals surface area contributed by atoms with Gasteiger partial charge < -0.3 is 5.32 Å². The third-order valence-electron chi connectivity index (χ3n) is 3.94. The molecule has 0 heterocycles. The Kier molecular flexibility index (Phi) is 6.62. The van der Waals surface area contributed by atoms with Crippen LogP contribution in [-0.2, 0) is 6.54 Å². The molecular formula is C16H27N3O2. The zero-order valence-electron chi connectivity index (χ0n) is 13.7. The Hall–Kier alpha value is -1.62. The summed E-state index contributed by atoms with van der Waals surface area (Å²) in [6.07, 6.45) is 1.02. The molecule has 0 aliphatic rings. The van der Waals surface area contributed by atoms with Crippen LogP contribution in [0.5, 0.6) is 0 Å². The fraction of sp³-hybridized carbons (Fsp3) is 0.625. The summed E-state index contributed by atoms with van der Waals surface area (Å²) >= 11 is 0. The summed E-state index contributed by atoms with van der Waals surface area (Å²) in [5.41, 5.74) is 2.12. The summed E-state index contributed by atoms with van der Waals surface area (Å²) in [5, 5.41) is 14.3. The highest BCUT2D eigenvalue weighted by atomic mass is 16.6. The molecule has 1 atom stereocenters. The number of anilines is 1. The minimum absolute atomic E-state index is 0.151. The van der Waals surface area contributed by atoms with Crippen LogP contribution in [-0.4, -0.2) is 29.5 Å². The first-order chi connectivity index (χ1) is 9.86. The fourth-order valence-corrected chi connectivity index (χ4v) is 2.18. The molecule has 0 spiro atoms. The lowest BCUT2D eigenvalue weighted by atomic mass is 10.0. The Morgan fingerprint density at radius 1 is 1.33 bits per heavy atom. The highest BCUT2D eigenvalue weighted by molar-refractivity contribution is 5.56. The standard InChI is InChI=1S/C16H27N3O2/c1-6-9-17-16-8-7-15(19(20)21)10-14(16)11-18(5)13(4)12(2)3/h7-8,10,12-13,17H,6,9,11H2,1-5H3. The Balaban J connectivity index is 2.99. The van der Waals surface area contributed by atoms with E-state index in [0.29, 0.717) is 18.5 Å². The van der Waals surface area contributed by atoms with Crippen LogP contribution in [0.3, 0.4) is 0 Å². The molecule has 1 aromatic carbocycles. The van der Waals surface area contributed by atoms with E-state index in [4.69, 9.17) is 0 Å². The Labute approximate surface area is 127 Å². The summed E-state index contributed by atoms with van der Waals surface area (Å²) in [7, 11) is 2.06. The molecule has 5 nitrogen and oxygen atoms in total. The molecule has 0 aromatic heterocycles. The molecule has 1 N–H and O–H groups in total. The predicted molar refractivity (Wildman–Crippen MR) is 87.6 cm³/mol. The number of rotatable bonds is 8. The molecule has 21 heavy (non-hydrogen) atoms. The number of nitro benzene ring substituents is 1. The van der Waals surface area contributed by atoms with Gasteiger partial charge in [0.2, 0.25) is 0 Å². The quantitative estimate of drug-likeness (QED) is 0.583. The van der Waals surface area contributed by atoms with Gasteiger partial charge in [-0.15, -0.1) is 0 Å². The van der Waals surface area contributed by atoms with Crippen LogP contribution >= 0.6 is 0 Å². The van der Waals surface area contributed by atoms with E-state index in [1.807, 2.05) is 6.07 Å². The average molecular weight is 293 g/mol. The van der Waals surface area contributed by atoms with Crippen LogP contribution in [0, 0.1) is 16.0 Å². The number of nitrogens with one attached hydrogen (secondary N) is 1. The molecule has 0 saturated heterocycles. The maximum atomic E-state index is 11.0. The summed E-state index contributed by atoms with van der Waals surface area (Å²) in [6.45, 7) is 10.2. The molecule has 5 heteroatoms. The fourth-order valence-electron chi connectivity index (χ4n) is 2.18. The van der Waals surface area contributed by atoms with Crippen LogP contribution in [0.1, 0.15) is 39.7 Å². The van der Waals surface area contributed by atoms with Crippen molar-refractivity contribution >= 4 is 11.4 Å². The van der Waals surface area contributed by atoms with Gasteiger partial charge in [-0.2, -0.15) is 0 Å². The molecule has 0 fully saturated rings. The highest BCUT2D eigenvalue weighted by Gasteiger charge is 2.17. The van der Waals surface area contributed by atoms with E-state index in [9.17, 15) is 10.1 Å². The second-order valence-electron chi connectivity index (χ2n) is 5.93. The largest absolute Gasteiger partial charge is 0.385 e. The van der Waals surface area contributed by atoms with Gasteiger partial charge in [-0.1, -0.05) is 20.8 Å². The lowest BCUT2D eigenvalue weighted by Crippen LogP contribution is -2.33. The molecule has 1 rings (SSSR count). The topological polar surface area (TPSA) is 58.4 Å². The van der Waals surface area contributed by atoms with Gasteiger partial charge in [-0.3, -0.25) is 15.0 Å². The van der Waals surface area contributed by atoms with E-state index in [-0.39, 0.29) is 10.6 Å². The Morgan fingerprint density at radius 3 is 2.52 bits per heavy atom. The zero-order valence-corrected chi connectivity index (χ0v) is 13.7. The lowest BCUT2D eigenvalue weighted by molar-refractivity contribution is -0.384. The van der Waals surface area contributed by atoms with Crippen LogP contribution < -0.4 is 5.32 Å². The van der Waals surface area contributed by atoms with Gasteiger partial charge in [0.05, 0.1) is 4.92 Å². The van der Waals surface area contributed by atoms with Crippen LogP contribution in [0.25, 0.3) is 0 Å². The molecule has 1 aromatic rings. The number of hydrogen-bond acceptors (Lipinski definition) is 4. The molecule has 1 unspecified atom stereocenters. The number of nitrogens with zero attached hydrogens (tertiary/aromatic N) is 2. The molecule has 0 aliphatic heterocycles. The van der Waals surface area contributed by atoms with Crippen molar-refractivity contribution in [3.05, 3.63) is 33.9 Å². The third kappa shape index (κ3) is 5.01. The van der Waals surface area contributed by atoms with Crippen molar-refractivity contribution in [2.75, 3.05) is 18.9 Å². The first-order valence-corrected chi connectivity index (χ1v) is 7.58. The van der Waals surface area contributed by atoms with Crippen LogP contribution in [0.15, 0.2) is 18.2 Å². The number of non-ortho nitro benzene ring substituents is 1. The molecule has 118 valence electrons. The second-order valence-corrected chi connectivity index (χ2v) is 5.93. The van der Waals surface area contributed by atoms with E-state index >= 15 is 0 Å². The smallest absolute Gasteiger partial charge is 0.269 e. The number of benzene rings is 1. The summed E-state index contributed by atoms with van der Waals surface area (Å²) in [4.78, 5) is 12.9. The Bertz CT molecular complexity index is 475. The summed E-state index contributed by atoms with van der Waals surface area (Å²) in [6, 6.07) is 5.48. The van der Waals surface area contributed by atoms with Crippen molar-refractivity contribution in [3.63, 3.8) is 0 Å². The molecule has 0 radical (unpaired) electrons. The van der Waals surface area contributed by atoms with Crippen molar-refractivity contribution in [2.45, 2.75) is 46.7 Å². The highest BCUT2D eigenvalue weighted by Crippen LogP contribution is 2.24. The van der Waals surface area contributed by atoms with Gasteiger partial charge in [-0.25, -0.2) is 0 Å². The van der Waals surface area contributed by atoms with Crippen molar-refractivity contribution in [1.29, 1.82) is 0 Å². The van der Waals surface area contributed by atoms with Crippen molar-refractivity contribution in [3.8, 4) is 0 Å². The third-order valence-corrected chi connectivity index (χ3v) is 3.94. The predicted octanol–water partition coefficient (Wildman–Crippen LogP) is 3.89. The Morgan fingerprint density at radius 2 is 2.00 bits per heavy atom. The minimum atomic E-state index is -0.334. The van der Waals surface area contributed by atoms with Gasteiger partial charge in [-0.05, 0) is 37.9 Å². The molecule has 0 amide bonds. The summed E-state index contributed by atoms with van der Waals surface area (Å²) in [5.74, 6) is 0.542. The number of nitro groups is 1. The molecule has 0 saturated carbocycles. The van der Waals surface area contributed by atoms with Gasteiger partial charge in [0, 0.05) is 37.0 Å². The van der Waals surface area contributed by atoms with E-state index in [0.717, 1.165) is 24.2 Å². The van der Waals surface area contributed by atoms with Crippen LogP contribution in [0.4, 0.5) is 11.4 Å². The summed E-state index contributed by atoms with van der Waals surface area (Å²) < 4.78 is 0. The maximum Gasteiger partial charge on any atom is 0.269 e. The van der Waals surface area contributed by atoms with E-state index < -0.39 is 0 Å². The van der Waals surface area contributed by atoms with E-state index in [1.54, 1.807) is 12.1 Å². The first kappa shape index (κ1) is 17.4. The van der Waals surface area contributed by atoms with Crippen molar-refractivity contribution in [2.24, 2.45) is 5.92 Å². The van der Waals surface area contributed by atoms with Gasteiger partial charge in [0.15, 0.2) is 0 Å². The molecule has 0 bridgehead atoms. The minimum Gasteiger partial charge on any atom is -0.385 e. The first-order valence-electron chi connectivity index (χ1n) is 7.58.